The highest BCUT2D eigenvalue weighted by Gasteiger charge is 2.06. The number of anilines is 2. The summed E-state index contributed by atoms with van der Waals surface area (Å²) in [5, 5.41) is 10.2. The van der Waals surface area contributed by atoms with Gasteiger partial charge < -0.3 is 5.32 Å². The van der Waals surface area contributed by atoms with Gasteiger partial charge in [0, 0.05) is 24.1 Å². The first-order valence-electron chi connectivity index (χ1n) is 7.44. The van der Waals surface area contributed by atoms with Gasteiger partial charge in [-0.3, -0.25) is 5.10 Å². The molecule has 0 aliphatic carbocycles. The first-order chi connectivity index (χ1) is 11.4. The standard InChI is InChI=1S/C17H18N4O2S/c1-12-18-17(21-20-12)11-13-3-5-14(6-4-13)19-15-7-9-16(10-8-15)24(2,22)23/h3-10,19H,11H2,1-2H3,(H,18,20,21). The van der Waals surface area contributed by atoms with Crippen LogP contribution < -0.4 is 5.32 Å². The van der Waals surface area contributed by atoms with E-state index in [1.54, 1.807) is 24.3 Å². The normalized spacial score (nSPS) is 11.4. The van der Waals surface area contributed by atoms with Gasteiger partial charge in [-0.25, -0.2) is 13.4 Å². The van der Waals surface area contributed by atoms with Crippen molar-refractivity contribution in [1.29, 1.82) is 0 Å². The van der Waals surface area contributed by atoms with E-state index in [-0.39, 0.29) is 0 Å². The van der Waals surface area contributed by atoms with E-state index >= 15 is 0 Å². The molecule has 2 aromatic carbocycles. The first-order valence-corrected chi connectivity index (χ1v) is 9.33. The lowest BCUT2D eigenvalue weighted by Gasteiger charge is -2.08. The van der Waals surface area contributed by atoms with Gasteiger partial charge >= 0.3 is 0 Å². The molecule has 0 aliphatic heterocycles. The monoisotopic (exact) mass is 342 g/mol. The highest BCUT2D eigenvalue weighted by molar-refractivity contribution is 7.90. The Bertz CT molecular complexity index is 929. The van der Waals surface area contributed by atoms with Crippen LogP contribution in [0.4, 0.5) is 11.4 Å². The number of rotatable bonds is 5. The molecule has 0 saturated carbocycles. The predicted octanol–water partition coefficient (Wildman–Crippen LogP) is 2.85. The van der Waals surface area contributed by atoms with Crippen molar-refractivity contribution < 1.29 is 8.42 Å². The van der Waals surface area contributed by atoms with Crippen molar-refractivity contribution in [3.63, 3.8) is 0 Å². The number of benzene rings is 2. The van der Waals surface area contributed by atoms with Crippen LogP contribution in [-0.2, 0) is 16.3 Å². The lowest BCUT2D eigenvalue weighted by Crippen LogP contribution is -1.97. The van der Waals surface area contributed by atoms with Crippen molar-refractivity contribution in [2.24, 2.45) is 0 Å². The number of H-pyrrole nitrogens is 1. The summed E-state index contributed by atoms with van der Waals surface area (Å²) in [5.74, 6) is 1.57. The van der Waals surface area contributed by atoms with E-state index in [0.29, 0.717) is 11.3 Å². The third-order valence-electron chi connectivity index (χ3n) is 3.53. The molecule has 124 valence electrons. The second-order valence-electron chi connectivity index (χ2n) is 5.63. The number of aromatic nitrogens is 3. The molecule has 1 aromatic heterocycles. The van der Waals surface area contributed by atoms with E-state index in [4.69, 9.17) is 0 Å². The quantitative estimate of drug-likeness (QED) is 0.744. The van der Waals surface area contributed by atoms with Gasteiger partial charge in [0.25, 0.3) is 0 Å². The highest BCUT2D eigenvalue weighted by atomic mass is 32.2. The van der Waals surface area contributed by atoms with Gasteiger partial charge in [0.1, 0.15) is 5.82 Å². The molecule has 0 radical (unpaired) electrons. The Morgan fingerprint density at radius 2 is 1.58 bits per heavy atom. The molecule has 0 atom stereocenters. The van der Waals surface area contributed by atoms with E-state index in [1.165, 1.54) is 6.26 Å². The summed E-state index contributed by atoms with van der Waals surface area (Å²) >= 11 is 0. The molecule has 0 saturated heterocycles. The van der Waals surface area contributed by atoms with Gasteiger partial charge in [0.2, 0.25) is 0 Å². The summed E-state index contributed by atoms with van der Waals surface area (Å²) in [6.45, 7) is 1.87. The maximum atomic E-state index is 11.5. The minimum Gasteiger partial charge on any atom is -0.356 e. The fourth-order valence-electron chi connectivity index (χ4n) is 2.31. The Labute approximate surface area is 140 Å². The van der Waals surface area contributed by atoms with Crippen LogP contribution >= 0.6 is 0 Å². The summed E-state index contributed by atoms with van der Waals surface area (Å²) in [6.07, 6.45) is 1.87. The van der Waals surface area contributed by atoms with Crippen LogP contribution in [0, 0.1) is 6.92 Å². The zero-order valence-corrected chi connectivity index (χ0v) is 14.3. The molecule has 3 rings (SSSR count). The van der Waals surface area contributed by atoms with Gasteiger partial charge in [-0.15, -0.1) is 0 Å². The molecule has 0 unspecified atom stereocenters. The number of hydrogen-bond donors (Lipinski definition) is 2. The van der Waals surface area contributed by atoms with Crippen LogP contribution in [0.2, 0.25) is 0 Å². The van der Waals surface area contributed by atoms with E-state index in [0.717, 1.165) is 28.6 Å². The zero-order valence-electron chi connectivity index (χ0n) is 13.4. The smallest absolute Gasteiger partial charge is 0.175 e. The molecule has 0 fully saturated rings. The molecule has 0 bridgehead atoms. The summed E-state index contributed by atoms with van der Waals surface area (Å²) in [7, 11) is -3.17. The third-order valence-corrected chi connectivity index (χ3v) is 4.66. The van der Waals surface area contributed by atoms with Crippen molar-refractivity contribution >= 4 is 21.2 Å². The van der Waals surface area contributed by atoms with Crippen LogP contribution in [-0.4, -0.2) is 29.9 Å². The number of sulfone groups is 1. The predicted molar refractivity (Wildman–Crippen MR) is 93.2 cm³/mol. The molecule has 0 spiro atoms. The SMILES string of the molecule is Cc1nc(Cc2ccc(Nc3ccc(S(C)(=O)=O)cc3)cc2)n[nH]1. The second-order valence-corrected chi connectivity index (χ2v) is 7.65. The van der Waals surface area contributed by atoms with Crippen molar-refractivity contribution in [3.05, 3.63) is 65.7 Å². The molecule has 6 nitrogen and oxygen atoms in total. The number of aromatic amines is 1. The Hall–Kier alpha value is -2.67. The van der Waals surface area contributed by atoms with Crippen LogP contribution in [0.5, 0.6) is 0 Å². The van der Waals surface area contributed by atoms with Crippen LogP contribution in [0.3, 0.4) is 0 Å². The minimum absolute atomic E-state index is 0.310. The fourth-order valence-corrected chi connectivity index (χ4v) is 2.94. The number of hydrogen-bond acceptors (Lipinski definition) is 5. The van der Waals surface area contributed by atoms with Crippen molar-refractivity contribution in [1.82, 2.24) is 15.2 Å². The van der Waals surface area contributed by atoms with Gasteiger partial charge in [-0.2, -0.15) is 5.10 Å². The lowest BCUT2D eigenvalue weighted by atomic mass is 10.1. The second kappa shape index (κ2) is 6.45. The number of aryl methyl sites for hydroxylation is 1. The molecule has 3 aromatic rings. The Balaban J connectivity index is 1.67. The Morgan fingerprint density at radius 3 is 2.08 bits per heavy atom. The molecular formula is C17H18N4O2S. The molecule has 1 heterocycles. The third kappa shape index (κ3) is 3.99. The van der Waals surface area contributed by atoms with Crippen LogP contribution in [0.25, 0.3) is 0 Å². The average Bonchev–Trinajstić information content (AvgIpc) is 2.94. The average molecular weight is 342 g/mol. The maximum absolute atomic E-state index is 11.5. The number of nitrogens with zero attached hydrogens (tertiary/aromatic N) is 2. The molecule has 24 heavy (non-hydrogen) atoms. The summed E-state index contributed by atoms with van der Waals surface area (Å²) < 4.78 is 22.9. The van der Waals surface area contributed by atoms with Crippen LogP contribution in [0.15, 0.2) is 53.4 Å². The molecule has 2 N–H and O–H groups in total. The van der Waals surface area contributed by atoms with E-state index in [9.17, 15) is 8.42 Å². The van der Waals surface area contributed by atoms with Crippen molar-refractivity contribution in [2.75, 3.05) is 11.6 Å². The van der Waals surface area contributed by atoms with Crippen molar-refractivity contribution in [2.45, 2.75) is 18.2 Å². The highest BCUT2D eigenvalue weighted by Crippen LogP contribution is 2.20. The largest absolute Gasteiger partial charge is 0.356 e. The van der Waals surface area contributed by atoms with Gasteiger partial charge in [-0.1, -0.05) is 12.1 Å². The minimum atomic E-state index is -3.17. The maximum Gasteiger partial charge on any atom is 0.175 e. The molecule has 0 amide bonds. The Morgan fingerprint density at radius 1 is 1.00 bits per heavy atom. The first kappa shape index (κ1) is 16.2. The topological polar surface area (TPSA) is 87.7 Å². The van der Waals surface area contributed by atoms with Crippen molar-refractivity contribution in [3.8, 4) is 0 Å². The van der Waals surface area contributed by atoms with Gasteiger partial charge in [0.05, 0.1) is 4.90 Å². The zero-order chi connectivity index (χ0) is 17.2. The molecule has 7 heteroatoms. The summed E-state index contributed by atoms with van der Waals surface area (Å²) in [4.78, 5) is 4.60. The van der Waals surface area contributed by atoms with Crippen LogP contribution in [0.1, 0.15) is 17.2 Å². The Kier molecular flexibility index (Phi) is 4.35. The van der Waals surface area contributed by atoms with E-state index in [1.807, 2.05) is 31.2 Å². The van der Waals surface area contributed by atoms with Gasteiger partial charge in [0.15, 0.2) is 15.7 Å². The molecular weight excluding hydrogens is 324 g/mol. The fraction of sp³-hybridized carbons (Fsp3) is 0.176. The summed E-state index contributed by atoms with van der Waals surface area (Å²) in [6, 6.07) is 14.7. The van der Waals surface area contributed by atoms with E-state index < -0.39 is 9.84 Å². The summed E-state index contributed by atoms with van der Waals surface area (Å²) in [5.41, 5.74) is 2.88. The molecule has 0 aliphatic rings. The number of nitrogens with one attached hydrogen (secondary N) is 2. The lowest BCUT2D eigenvalue weighted by molar-refractivity contribution is 0.602. The van der Waals surface area contributed by atoms with E-state index in [2.05, 4.69) is 20.5 Å². The van der Waals surface area contributed by atoms with Gasteiger partial charge in [-0.05, 0) is 48.9 Å².